The lowest BCUT2D eigenvalue weighted by atomic mass is 9.89. The third-order valence-electron chi connectivity index (χ3n) is 6.65. The first-order valence-corrected chi connectivity index (χ1v) is 11.7. The summed E-state index contributed by atoms with van der Waals surface area (Å²) >= 11 is 0. The number of nitrogens with zero attached hydrogens (tertiary/aromatic N) is 1. The lowest BCUT2D eigenvalue weighted by molar-refractivity contribution is -0.123. The molecule has 170 valence electrons. The van der Waals surface area contributed by atoms with Crippen molar-refractivity contribution < 1.29 is 14.0 Å². The summed E-state index contributed by atoms with van der Waals surface area (Å²) in [5.41, 5.74) is 4.51. The summed E-state index contributed by atoms with van der Waals surface area (Å²) in [6.45, 7) is 3.93. The number of benzene rings is 2. The van der Waals surface area contributed by atoms with Crippen molar-refractivity contribution in [2.45, 2.75) is 57.5 Å². The van der Waals surface area contributed by atoms with Gasteiger partial charge in [0, 0.05) is 24.7 Å². The summed E-state index contributed by atoms with van der Waals surface area (Å²) in [5, 5.41) is 6.16. The molecule has 6 heteroatoms. The molecular weight excluding hydrogens is 405 g/mol. The summed E-state index contributed by atoms with van der Waals surface area (Å²) in [4.78, 5) is 27.1. The molecule has 1 atom stereocenters. The van der Waals surface area contributed by atoms with E-state index >= 15 is 0 Å². The van der Waals surface area contributed by atoms with E-state index in [4.69, 9.17) is 0 Å². The minimum atomic E-state index is -0.353. The maximum absolute atomic E-state index is 13.0. The van der Waals surface area contributed by atoms with Gasteiger partial charge in [0.1, 0.15) is 5.82 Å². The summed E-state index contributed by atoms with van der Waals surface area (Å²) in [7, 11) is 0. The fourth-order valence-electron chi connectivity index (χ4n) is 4.70. The zero-order valence-electron chi connectivity index (χ0n) is 18.7. The topological polar surface area (TPSA) is 61.4 Å². The smallest absolute Gasteiger partial charge is 0.251 e. The Labute approximate surface area is 189 Å². The number of hydrogen-bond acceptors (Lipinski definition) is 3. The third-order valence-corrected chi connectivity index (χ3v) is 6.65. The quantitative estimate of drug-likeness (QED) is 0.723. The Morgan fingerprint density at radius 3 is 2.44 bits per heavy atom. The number of carbonyl (C=O) groups is 2. The number of nitrogens with one attached hydrogen (secondary N) is 2. The number of aryl methyl sites for hydroxylation is 2. The lowest BCUT2D eigenvalue weighted by Crippen LogP contribution is -2.47. The van der Waals surface area contributed by atoms with Crippen molar-refractivity contribution in [1.82, 2.24) is 15.5 Å². The largest absolute Gasteiger partial charge is 0.349 e. The molecule has 1 fully saturated rings. The van der Waals surface area contributed by atoms with E-state index in [2.05, 4.69) is 33.7 Å². The molecule has 2 N–H and O–H groups in total. The Bertz CT molecular complexity index is 952. The number of carbonyl (C=O) groups excluding carboxylic acids is 2. The number of hydrogen-bond donors (Lipinski definition) is 2. The first-order valence-electron chi connectivity index (χ1n) is 11.7. The van der Waals surface area contributed by atoms with Crippen molar-refractivity contribution in [2.24, 2.45) is 0 Å². The molecule has 1 heterocycles. The highest BCUT2D eigenvalue weighted by Gasteiger charge is 2.23. The van der Waals surface area contributed by atoms with Crippen molar-refractivity contribution in [3.63, 3.8) is 0 Å². The number of piperidine rings is 1. The second-order valence-electron chi connectivity index (χ2n) is 9.06. The van der Waals surface area contributed by atoms with E-state index in [9.17, 15) is 14.0 Å². The van der Waals surface area contributed by atoms with Crippen molar-refractivity contribution in [1.29, 1.82) is 0 Å². The first kappa shape index (κ1) is 22.5. The lowest BCUT2D eigenvalue weighted by Gasteiger charge is -2.32. The van der Waals surface area contributed by atoms with Crippen LogP contribution in [0.2, 0.25) is 0 Å². The highest BCUT2D eigenvalue weighted by molar-refractivity contribution is 5.94. The average molecular weight is 438 g/mol. The van der Waals surface area contributed by atoms with E-state index in [1.165, 1.54) is 53.8 Å². The minimum absolute atomic E-state index is 0.0118. The molecule has 0 bridgehead atoms. The Kier molecular flexibility index (Phi) is 7.20. The Hall–Kier alpha value is -2.73. The van der Waals surface area contributed by atoms with Crippen LogP contribution < -0.4 is 10.6 Å². The molecule has 2 aliphatic rings. The second kappa shape index (κ2) is 10.3. The molecule has 0 radical (unpaired) electrons. The monoisotopic (exact) mass is 437 g/mol. The second-order valence-corrected chi connectivity index (χ2v) is 9.06. The SMILES string of the molecule is C[C@@H](NC(=O)CN1CCC(NC(=O)c2ccc(F)cc2)CC1)c1ccc2c(c1)CCCC2. The predicted octanol–water partition coefficient (Wildman–Crippen LogP) is 3.78. The van der Waals surface area contributed by atoms with E-state index in [0.29, 0.717) is 12.1 Å². The van der Waals surface area contributed by atoms with Crippen LogP contribution >= 0.6 is 0 Å². The maximum atomic E-state index is 13.0. The molecule has 0 saturated carbocycles. The molecule has 4 rings (SSSR count). The summed E-state index contributed by atoms with van der Waals surface area (Å²) < 4.78 is 13.0. The van der Waals surface area contributed by atoms with Gasteiger partial charge in [0.05, 0.1) is 12.6 Å². The van der Waals surface area contributed by atoms with Gasteiger partial charge in [-0.2, -0.15) is 0 Å². The molecule has 2 amide bonds. The van der Waals surface area contributed by atoms with Gasteiger partial charge in [0.15, 0.2) is 0 Å². The Balaban J connectivity index is 1.21. The van der Waals surface area contributed by atoms with Crippen molar-refractivity contribution >= 4 is 11.8 Å². The highest BCUT2D eigenvalue weighted by atomic mass is 19.1. The number of halogens is 1. The molecule has 1 aliphatic carbocycles. The molecule has 32 heavy (non-hydrogen) atoms. The van der Waals surface area contributed by atoms with Gasteiger partial charge >= 0.3 is 0 Å². The van der Waals surface area contributed by atoms with Gasteiger partial charge in [-0.05, 0) is 86.4 Å². The number of fused-ring (bicyclic) bond motifs is 1. The number of rotatable bonds is 6. The summed E-state index contributed by atoms with van der Waals surface area (Å²) in [6, 6.07) is 12.3. The molecule has 1 saturated heterocycles. The molecule has 0 spiro atoms. The van der Waals surface area contributed by atoms with Gasteiger partial charge in [0.2, 0.25) is 5.91 Å². The van der Waals surface area contributed by atoms with Crippen LogP contribution in [0.4, 0.5) is 4.39 Å². The number of amides is 2. The number of likely N-dealkylation sites (tertiary alicyclic amines) is 1. The standard InChI is InChI=1S/C26H32FN3O2/c1-18(21-7-6-19-4-2-3-5-22(19)16-21)28-25(31)17-30-14-12-24(13-15-30)29-26(32)20-8-10-23(27)11-9-20/h6-11,16,18,24H,2-5,12-15,17H2,1H3,(H,28,31)(H,29,32)/t18-/m1/s1. The van der Waals surface area contributed by atoms with Gasteiger partial charge in [-0.25, -0.2) is 4.39 Å². The zero-order valence-corrected chi connectivity index (χ0v) is 18.7. The fourth-order valence-corrected chi connectivity index (χ4v) is 4.70. The molecule has 2 aromatic rings. The van der Waals surface area contributed by atoms with Gasteiger partial charge in [-0.1, -0.05) is 18.2 Å². The normalized spacial score (nSPS) is 17.9. The third kappa shape index (κ3) is 5.74. The van der Waals surface area contributed by atoms with Crippen LogP contribution in [0.25, 0.3) is 0 Å². The molecular formula is C26H32FN3O2. The van der Waals surface area contributed by atoms with Crippen LogP contribution in [0.1, 0.15) is 65.7 Å². The van der Waals surface area contributed by atoms with Gasteiger partial charge in [-0.15, -0.1) is 0 Å². The average Bonchev–Trinajstić information content (AvgIpc) is 2.80. The van der Waals surface area contributed by atoms with Crippen LogP contribution in [0.5, 0.6) is 0 Å². The van der Waals surface area contributed by atoms with Gasteiger partial charge < -0.3 is 10.6 Å². The predicted molar refractivity (Wildman–Crippen MR) is 123 cm³/mol. The van der Waals surface area contributed by atoms with Crippen LogP contribution in [-0.4, -0.2) is 42.4 Å². The summed E-state index contributed by atoms with van der Waals surface area (Å²) in [5.74, 6) is -0.502. The first-order chi connectivity index (χ1) is 15.5. The van der Waals surface area contributed by atoms with Gasteiger partial charge in [0.25, 0.3) is 5.91 Å². The summed E-state index contributed by atoms with van der Waals surface area (Å²) in [6.07, 6.45) is 6.40. The fraction of sp³-hybridized carbons (Fsp3) is 0.462. The molecule has 5 nitrogen and oxygen atoms in total. The maximum Gasteiger partial charge on any atom is 0.251 e. The van der Waals surface area contributed by atoms with Gasteiger partial charge in [-0.3, -0.25) is 14.5 Å². The van der Waals surface area contributed by atoms with E-state index in [-0.39, 0.29) is 29.7 Å². The van der Waals surface area contributed by atoms with E-state index in [0.717, 1.165) is 38.8 Å². The zero-order chi connectivity index (χ0) is 22.5. The van der Waals surface area contributed by atoms with Crippen LogP contribution in [0.3, 0.4) is 0 Å². The van der Waals surface area contributed by atoms with E-state index in [1.807, 2.05) is 6.92 Å². The van der Waals surface area contributed by atoms with Crippen molar-refractivity contribution in [3.05, 3.63) is 70.5 Å². The van der Waals surface area contributed by atoms with Crippen LogP contribution in [0.15, 0.2) is 42.5 Å². The highest BCUT2D eigenvalue weighted by Crippen LogP contribution is 2.24. The van der Waals surface area contributed by atoms with Crippen LogP contribution in [-0.2, 0) is 17.6 Å². The molecule has 0 aromatic heterocycles. The Morgan fingerprint density at radius 2 is 1.72 bits per heavy atom. The molecule has 2 aromatic carbocycles. The minimum Gasteiger partial charge on any atom is -0.349 e. The van der Waals surface area contributed by atoms with Crippen molar-refractivity contribution in [3.8, 4) is 0 Å². The Morgan fingerprint density at radius 1 is 1.03 bits per heavy atom. The van der Waals surface area contributed by atoms with E-state index < -0.39 is 0 Å². The molecule has 1 aliphatic heterocycles. The van der Waals surface area contributed by atoms with Crippen molar-refractivity contribution in [2.75, 3.05) is 19.6 Å². The van der Waals surface area contributed by atoms with Crippen LogP contribution in [0, 0.1) is 5.82 Å². The van der Waals surface area contributed by atoms with E-state index in [1.54, 1.807) is 0 Å². The molecule has 0 unspecified atom stereocenters.